The Labute approximate surface area is 175 Å². The molecule has 0 spiro atoms. The van der Waals surface area contributed by atoms with Crippen LogP contribution in [0.3, 0.4) is 0 Å². The second-order valence-corrected chi connectivity index (χ2v) is 9.24. The zero-order valence-electron chi connectivity index (χ0n) is 16.4. The van der Waals surface area contributed by atoms with Gasteiger partial charge in [-0.25, -0.2) is 4.98 Å². The second-order valence-electron chi connectivity index (χ2n) is 7.54. The average molecular weight is 426 g/mol. The van der Waals surface area contributed by atoms with Crippen LogP contribution >= 0.6 is 0 Å². The van der Waals surface area contributed by atoms with Crippen molar-refractivity contribution in [3.05, 3.63) is 58.0 Å². The van der Waals surface area contributed by atoms with Crippen molar-refractivity contribution in [3.8, 4) is 11.4 Å². The summed E-state index contributed by atoms with van der Waals surface area (Å²) in [5.74, 6) is -0.0694. The van der Waals surface area contributed by atoms with Gasteiger partial charge >= 0.3 is 0 Å². The van der Waals surface area contributed by atoms with Crippen molar-refractivity contribution in [1.82, 2.24) is 9.55 Å². The lowest BCUT2D eigenvalue weighted by molar-refractivity contribution is -0.123. The Morgan fingerprint density at radius 3 is 2.30 bits per heavy atom. The van der Waals surface area contributed by atoms with Gasteiger partial charge in [0.2, 0.25) is 0 Å². The summed E-state index contributed by atoms with van der Waals surface area (Å²) in [5.41, 5.74) is -0.216. The van der Waals surface area contributed by atoms with Crippen LogP contribution in [-0.4, -0.2) is 41.9 Å². The maximum atomic E-state index is 13.5. The Balaban J connectivity index is 1.89. The monoisotopic (exact) mass is 426 g/mol. The van der Waals surface area contributed by atoms with Gasteiger partial charge in [0.1, 0.15) is 22.7 Å². The summed E-state index contributed by atoms with van der Waals surface area (Å²) in [5, 5.41) is 10.7. The Bertz CT molecular complexity index is 1090. The Morgan fingerprint density at radius 2 is 1.67 bits per heavy atom. The van der Waals surface area contributed by atoms with Crippen LogP contribution in [0.4, 0.5) is 0 Å². The van der Waals surface area contributed by atoms with E-state index in [1.165, 1.54) is 10.8 Å². The lowest BCUT2D eigenvalue weighted by Gasteiger charge is -2.26. The van der Waals surface area contributed by atoms with Crippen molar-refractivity contribution in [2.45, 2.75) is 38.1 Å². The van der Waals surface area contributed by atoms with Crippen LogP contribution in [0, 0.1) is 0 Å². The molecule has 2 aromatic rings. The topological polar surface area (TPSA) is 106 Å². The van der Waals surface area contributed by atoms with E-state index < -0.39 is 33.7 Å². The number of rotatable bonds is 3. The van der Waals surface area contributed by atoms with Gasteiger partial charge in [0, 0.05) is 52.9 Å². The van der Waals surface area contributed by atoms with Crippen LogP contribution in [0.25, 0.3) is 17.1 Å². The predicted molar refractivity (Wildman–Crippen MR) is 113 cm³/mol. The molecule has 0 amide bonds. The summed E-state index contributed by atoms with van der Waals surface area (Å²) in [7, 11) is -0.904. The Kier molecular flexibility index (Phi) is 5.76. The highest BCUT2D eigenvalue weighted by Gasteiger charge is 2.31. The van der Waals surface area contributed by atoms with E-state index in [2.05, 4.69) is 4.98 Å². The third kappa shape index (κ3) is 3.79. The minimum absolute atomic E-state index is 0.153. The zero-order chi connectivity index (χ0) is 21.3. The van der Waals surface area contributed by atoms with E-state index in [1.807, 2.05) is 30.3 Å². The van der Waals surface area contributed by atoms with E-state index in [0.717, 1.165) is 5.56 Å². The number of nitrogens with zero attached hydrogens (tertiary/aromatic N) is 2. The van der Waals surface area contributed by atoms with E-state index in [1.54, 1.807) is 0 Å². The molecular weight excluding hydrogens is 404 g/mol. The van der Waals surface area contributed by atoms with Gasteiger partial charge in [-0.1, -0.05) is 30.3 Å². The van der Waals surface area contributed by atoms with E-state index in [0.29, 0.717) is 36.6 Å². The third-order valence-corrected chi connectivity index (χ3v) is 6.99. The molecule has 0 unspecified atom stereocenters. The van der Waals surface area contributed by atoms with Gasteiger partial charge in [-0.2, -0.15) is 0 Å². The van der Waals surface area contributed by atoms with Crippen molar-refractivity contribution in [3.63, 3.8) is 0 Å². The number of Topliss-reactive ketones (excluding diaryl/α,β-unsaturated/α-hetero) is 2. The molecule has 1 saturated carbocycles. The molecule has 2 aliphatic rings. The number of ketones is 2. The molecule has 4 rings (SSSR count). The van der Waals surface area contributed by atoms with E-state index in [4.69, 9.17) is 0 Å². The van der Waals surface area contributed by atoms with Gasteiger partial charge in [-0.05, 0) is 19.3 Å². The zero-order valence-corrected chi connectivity index (χ0v) is 17.2. The molecule has 1 aromatic carbocycles. The highest BCUT2D eigenvalue weighted by Crippen LogP contribution is 2.28. The number of allylic oxidation sites excluding steroid dienone is 1. The van der Waals surface area contributed by atoms with Crippen LogP contribution in [0.2, 0.25) is 0 Å². The molecule has 7 nitrogen and oxygen atoms in total. The minimum Gasteiger partial charge on any atom is -0.506 e. The molecule has 2 fully saturated rings. The first kappa shape index (κ1) is 20.4. The Morgan fingerprint density at radius 1 is 1.03 bits per heavy atom. The fourth-order valence-corrected chi connectivity index (χ4v) is 5.30. The number of aliphatic hydroxyl groups is 1. The largest absolute Gasteiger partial charge is 0.506 e. The first-order chi connectivity index (χ1) is 14.5. The molecule has 0 radical (unpaired) electrons. The number of carbonyl (C=O) groups is 2. The fourth-order valence-electron chi connectivity index (χ4n) is 4.02. The standard InChI is InChI=1S/C22H22N2O5S/c25-17-7-4-8-18(26)19(17)20(27)16-13-23-21(14-5-2-1-3-6-14)24(22(16)28)15-9-11-30(29)12-10-15/h1-3,5-6,13,15,27H,4,7-12H2. The van der Waals surface area contributed by atoms with Crippen LogP contribution in [0.5, 0.6) is 0 Å². The quantitative estimate of drug-likeness (QED) is 0.459. The molecule has 0 bridgehead atoms. The summed E-state index contributed by atoms with van der Waals surface area (Å²) in [4.78, 5) is 42.4. The van der Waals surface area contributed by atoms with E-state index >= 15 is 0 Å². The van der Waals surface area contributed by atoms with Crippen LogP contribution in [0.1, 0.15) is 43.7 Å². The van der Waals surface area contributed by atoms with Crippen molar-refractivity contribution in [2.24, 2.45) is 0 Å². The molecule has 1 N–H and O–H groups in total. The van der Waals surface area contributed by atoms with Crippen LogP contribution < -0.4 is 5.56 Å². The van der Waals surface area contributed by atoms with Gasteiger partial charge in [0.05, 0.1) is 0 Å². The number of aliphatic hydroxyl groups excluding tert-OH is 1. The molecule has 2 heterocycles. The maximum absolute atomic E-state index is 13.5. The highest BCUT2D eigenvalue weighted by molar-refractivity contribution is 7.85. The van der Waals surface area contributed by atoms with Crippen molar-refractivity contribution in [2.75, 3.05) is 11.5 Å². The normalized spacial score (nSPS) is 22.2. The number of carbonyl (C=O) groups excluding carboxylic acids is 2. The fraction of sp³-hybridized carbons (Fsp3) is 0.364. The molecule has 1 saturated heterocycles. The molecule has 156 valence electrons. The first-order valence-electron chi connectivity index (χ1n) is 9.99. The molecule has 1 aliphatic heterocycles. The van der Waals surface area contributed by atoms with Gasteiger partial charge in [-0.3, -0.25) is 23.2 Å². The van der Waals surface area contributed by atoms with Crippen molar-refractivity contribution < 1.29 is 18.9 Å². The SMILES string of the molecule is O=C1CCCC(=O)C1=C(O)c1cnc(-c2ccccc2)n(C2CCS(=O)CC2)c1=O. The van der Waals surface area contributed by atoms with Crippen molar-refractivity contribution >= 4 is 28.1 Å². The Hall–Kier alpha value is -2.87. The molecule has 1 aromatic heterocycles. The summed E-state index contributed by atoms with van der Waals surface area (Å²) in [6, 6.07) is 8.99. The highest BCUT2D eigenvalue weighted by atomic mass is 32.2. The summed E-state index contributed by atoms with van der Waals surface area (Å²) in [6.45, 7) is 0. The minimum atomic E-state index is -0.904. The third-order valence-electron chi connectivity index (χ3n) is 5.61. The molecular formula is C22H22N2O5S. The predicted octanol–water partition coefficient (Wildman–Crippen LogP) is 2.59. The van der Waals surface area contributed by atoms with Crippen LogP contribution in [0.15, 0.2) is 46.9 Å². The lowest BCUT2D eigenvalue weighted by Crippen LogP contribution is -2.34. The first-order valence-corrected chi connectivity index (χ1v) is 11.5. The van der Waals surface area contributed by atoms with Crippen molar-refractivity contribution in [1.29, 1.82) is 0 Å². The number of aromatic nitrogens is 2. The van der Waals surface area contributed by atoms with E-state index in [-0.39, 0.29) is 30.0 Å². The molecule has 0 atom stereocenters. The second kappa shape index (κ2) is 8.47. The molecule has 8 heteroatoms. The maximum Gasteiger partial charge on any atom is 0.265 e. The van der Waals surface area contributed by atoms with Gasteiger partial charge in [0.15, 0.2) is 11.6 Å². The van der Waals surface area contributed by atoms with Gasteiger partial charge in [0.25, 0.3) is 5.56 Å². The van der Waals surface area contributed by atoms with Gasteiger partial charge in [-0.15, -0.1) is 0 Å². The van der Waals surface area contributed by atoms with E-state index in [9.17, 15) is 23.7 Å². The molecule has 30 heavy (non-hydrogen) atoms. The summed E-state index contributed by atoms with van der Waals surface area (Å²) >= 11 is 0. The number of benzene rings is 1. The average Bonchev–Trinajstić information content (AvgIpc) is 2.74. The molecule has 1 aliphatic carbocycles. The summed E-state index contributed by atoms with van der Waals surface area (Å²) in [6.07, 6.45) is 3.12. The number of hydrogen-bond acceptors (Lipinski definition) is 6. The van der Waals surface area contributed by atoms with Crippen LogP contribution in [-0.2, 0) is 20.4 Å². The van der Waals surface area contributed by atoms with Gasteiger partial charge < -0.3 is 5.11 Å². The number of hydrogen-bond donors (Lipinski definition) is 1. The smallest absolute Gasteiger partial charge is 0.265 e. The summed E-state index contributed by atoms with van der Waals surface area (Å²) < 4.78 is 13.3. The lowest BCUT2D eigenvalue weighted by atomic mass is 9.90.